The summed E-state index contributed by atoms with van der Waals surface area (Å²) in [5.74, 6) is 1.66. The first-order valence-electron chi connectivity index (χ1n) is 8.68. The molecule has 0 bridgehead atoms. The normalized spacial score (nSPS) is 31.4. The van der Waals surface area contributed by atoms with Crippen molar-refractivity contribution in [2.45, 2.75) is 83.5 Å². The minimum Gasteiger partial charge on any atom is -0.389 e. The van der Waals surface area contributed by atoms with Crippen LogP contribution in [0.4, 0.5) is 0 Å². The van der Waals surface area contributed by atoms with E-state index in [1.807, 2.05) is 0 Å². The predicted molar refractivity (Wildman–Crippen MR) is 82.8 cm³/mol. The van der Waals surface area contributed by atoms with Gasteiger partial charge in [-0.3, -0.25) is 0 Å². The Balaban J connectivity index is 1.54. The van der Waals surface area contributed by atoms with E-state index in [9.17, 15) is 5.11 Å². The zero-order valence-electron chi connectivity index (χ0n) is 13.3. The lowest BCUT2D eigenvalue weighted by molar-refractivity contribution is -0.0286. The highest BCUT2D eigenvalue weighted by molar-refractivity contribution is 4.78. The van der Waals surface area contributed by atoms with Crippen LogP contribution in [0.3, 0.4) is 0 Å². The number of aliphatic hydroxyl groups is 1. The van der Waals surface area contributed by atoms with Crippen LogP contribution < -0.4 is 5.32 Å². The maximum absolute atomic E-state index is 10.0. The Labute approximate surface area is 124 Å². The summed E-state index contributed by atoms with van der Waals surface area (Å²) in [5.41, 5.74) is 0. The van der Waals surface area contributed by atoms with Gasteiger partial charge in [-0.15, -0.1) is 0 Å². The number of nitrogens with one attached hydrogen (secondary N) is 1. The van der Waals surface area contributed by atoms with E-state index in [-0.39, 0.29) is 6.10 Å². The van der Waals surface area contributed by atoms with Crippen LogP contribution in [0.2, 0.25) is 0 Å². The summed E-state index contributed by atoms with van der Waals surface area (Å²) in [4.78, 5) is 0. The van der Waals surface area contributed by atoms with Crippen LogP contribution in [0.5, 0.6) is 0 Å². The highest BCUT2D eigenvalue weighted by Gasteiger charge is 2.22. The van der Waals surface area contributed by atoms with E-state index in [4.69, 9.17) is 4.74 Å². The molecule has 2 atom stereocenters. The van der Waals surface area contributed by atoms with E-state index in [2.05, 4.69) is 19.2 Å². The van der Waals surface area contributed by atoms with Crippen LogP contribution in [-0.4, -0.2) is 36.5 Å². The van der Waals surface area contributed by atoms with Crippen LogP contribution in [0.1, 0.15) is 65.2 Å². The summed E-state index contributed by atoms with van der Waals surface area (Å²) in [6.45, 7) is 5.73. The largest absolute Gasteiger partial charge is 0.389 e. The molecule has 2 saturated carbocycles. The van der Waals surface area contributed by atoms with Crippen molar-refractivity contribution in [1.82, 2.24) is 5.32 Å². The van der Waals surface area contributed by atoms with Gasteiger partial charge in [-0.1, -0.05) is 19.8 Å². The van der Waals surface area contributed by atoms with Crippen molar-refractivity contribution in [3.05, 3.63) is 0 Å². The van der Waals surface area contributed by atoms with Gasteiger partial charge in [0.15, 0.2) is 0 Å². The van der Waals surface area contributed by atoms with Crippen molar-refractivity contribution in [3.8, 4) is 0 Å². The van der Waals surface area contributed by atoms with Crippen molar-refractivity contribution in [2.75, 3.05) is 13.2 Å². The monoisotopic (exact) mass is 283 g/mol. The molecule has 0 amide bonds. The summed E-state index contributed by atoms with van der Waals surface area (Å²) in [6, 6.07) is 0.530. The standard InChI is InChI=1S/C17H33NO2/c1-13-7-9-17(10-8-13)20-12-16(19)11-18-14(2)15-5-3-4-6-15/h13-19H,3-12H2,1-2H3/t13?,14-,16?,17?/m0/s1. The molecule has 2 fully saturated rings. The summed E-state index contributed by atoms with van der Waals surface area (Å²) in [5, 5.41) is 13.5. The summed E-state index contributed by atoms with van der Waals surface area (Å²) < 4.78 is 5.86. The average Bonchev–Trinajstić information content (AvgIpc) is 2.98. The third-order valence-electron chi connectivity index (χ3n) is 5.27. The van der Waals surface area contributed by atoms with Crippen LogP contribution >= 0.6 is 0 Å². The van der Waals surface area contributed by atoms with Crippen molar-refractivity contribution in [3.63, 3.8) is 0 Å². The van der Waals surface area contributed by atoms with Crippen molar-refractivity contribution in [1.29, 1.82) is 0 Å². The molecule has 1 unspecified atom stereocenters. The van der Waals surface area contributed by atoms with Crippen LogP contribution in [0.15, 0.2) is 0 Å². The molecule has 0 spiro atoms. The minimum absolute atomic E-state index is 0.363. The average molecular weight is 283 g/mol. The second-order valence-electron chi connectivity index (χ2n) is 7.11. The van der Waals surface area contributed by atoms with Crippen LogP contribution in [0.25, 0.3) is 0 Å². The van der Waals surface area contributed by atoms with E-state index >= 15 is 0 Å². The molecule has 0 aromatic rings. The second-order valence-corrected chi connectivity index (χ2v) is 7.11. The van der Waals surface area contributed by atoms with E-state index in [1.165, 1.54) is 51.4 Å². The third kappa shape index (κ3) is 5.34. The first-order valence-corrected chi connectivity index (χ1v) is 8.68. The summed E-state index contributed by atoms with van der Waals surface area (Å²) in [6.07, 6.45) is 10.4. The lowest BCUT2D eigenvalue weighted by Gasteiger charge is -2.27. The van der Waals surface area contributed by atoms with E-state index in [0.717, 1.165) is 11.8 Å². The smallest absolute Gasteiger partial charge is 0.0897 e. The van der Waals surface area contributed by atoms with E-state index in [0.29, 0.717) is 25.3 Å². The Morgan fingerprint density at radius 3 is 2.40 bits per heavy atom. The summed E-state index contributed by atoms with van der Waals surface area (Å²) in [7, 11) is 0. The highest BCUT2D eigenvalue weighted by Crippen LogP contribution is 2.27. The number of hydrogen-bond acceptors (Lipinski definition) is 3. The minimum atomic E-state index is -0.363. The highest BCUT2D eigenvalue weighted by atomic mass is 16.5. The van der Waals surface area contributed by atoms with Gasteiger partial charge in [0.2, 0.25) is 0 Å². The van der Waals surface area contributed by atoms with Gasteiger partial charge in [-0.2, -0.15) is 0 Å². The van der Waals surface area contributed by atoms with Gasteiger partial charge in [0.05, 0.1) is 18.8 Å². The number of ether oxygens (including phenoxy) is 1. The quantitative estimate of drug-likeness (QED) is 0.754. The molecule has 20 heavy (non-hydrogen) atoms. The van der Waals surface area contributed by atoms with E-state index in [1.54, 1.807) is 0 Å². The SMILES string of the molecule is CC1CCC(OCC(O)CN[C@@H](C)C2CCCC2)CC1. The maximum atomic E-state index is 10.0. The zero-order chi connectivity index (χ0) is 14.4. The first-order chi connectivity index (χ1) is 9.65. The Morgan fingerprint density at radius 1 is 1.10 bits per heavy atom. The molecule has 0 radical (unpaired) electrons. The van der Waals surface area contributed by atoms with Gasteiger partial charge >= 0.3 is 0 Å². The molecule has 118 valence electrons. The fourth-order valence-electron chi connectivity index (χ4n) is 3.65. The van der Waals surface area contributed by atoms with E-state index < -0.39 is 0 Å². The molecular weight excluding hydrogens is 250 g/mol. The Morgan fingerprint density at radius 2 is 1.75 bits per heavy atom. The first kappa shape index (κ1) is 16.3. The molecule has 2 aliphatic rings. The Kier molecular flexibility index (Phi) is 6.79. The summed E-state index contributed by atoms with van der Waals surface area (Å²) >= 11 is 0. The molecule has 0 aromatic carbocycles. The zero-order valence-corrected chi connectivity index (χ0v) is 13.3. The molecule has 0 heterocycles. The lowest BCUT2D eigenvalue weighted by atomic mass is 9.89. The molecule has 0 saturated heterocycles. The fraction of sp³-hybridized carbons (Fsp3) is 1.00. The van der Waals surface area contributed by atoms with Crippen molar-refractivity contribution < 1.29 is 9.84 Å². The molecule has 2 rings (SSSR count). The third-order valence-corrected chi connectivity index (χ3v) is 5.27. The van der Waals surface area contributed by atoms with Gasteiger partial charge in [-0.25, -0.2) is 0 Å². The topological polar surface area (TPSA) is 41.5 Å². The molecule has 2 N–H and O–H groups in total. The van der Waals surface area contributed by atoms with Crippen molar-refractivity contribution in [2.24, 2.45) is 11.8 Å². The fourth-order valence-corrected chi connectivity index (χ4v) is 3.65. The number of rotatable bonds is 7. The number of hydrogen-bond donors (Lipinski definition) is 2. The van der Waals surface area contributed by atoms with Crippen molar-refractivity contribution >= 4 is 0 Å². The van der Waals surface area contributed by atoms with Gasteiger partial charge in [0.1, 0.15) is 0 Å². The lowest BCUT2D eigenvalue weighted by Crippen LogP contribution is -2.40. The molecule has 3 heteroatoms. The molecule has 0 aliphatic heterocycles. The maximum Gasteiger partial charge on any atom is 0.0897 e. The molecule has 3 nitrogen and oxygen atoms in total. The van der Waals surface area contributed by atoms with Gasteiger partial charge in [0, 0.05) is 12.6 Å². The second kappa shape index (κ2) is 8.35. The molecule has 2 aliphatic carbocycles. The molecule has 0 aromatic heterocycles. The Bertz CT molecular complexity index is 258. The van der Waals surface area contributed by atoms with Crippen LogP contribution in [0, 0.1) is 11.8 Å². The number of aliphatic hydroxyl groups excluding tert-OH is 1. The Hall–Kier alpha value is -0.120. The van der Waals surface area contributed by atoms with Gasteiger partial charge in [-0.05, 0) is 57.3 Å². The van der Waals surface area contributed by atoms with Gasteiger partial charge < -0.3 is 15.2 Å². The van der Waals surface area contributed by atoms with Gasteiger partial charge in [0.25, 0.3) is 0 Å². The van der Waals surface area contributed by atoms with Crippen LogP contribution in [-0.2, 0) is 4.74 Å². The molecular formula is C17H33NO2. The predicted octanol–water partition coefficient (Wildman–Crippen LogP) is 3.11.